The molecule has 0 saturated heterocycles. The monoisotopic (exact) mass is 258 g/mol. The molecule has 104 valence electrons. The molecule has 0 aromatic rings. The number of nitrogens with one attached hydrogen (secondary N) is 1. The molecule has 18 heavy (non-hydrogen) atoms. The fraction of sp³-hybridized carbons (Fsp3) is 0.833. The van der Waals surface area contributed by atoms with Crippen molar-refractivity contribution in [1.29, 1.82) is 0 Å². The van der Waals surface area contributed by atoms with Gasteiger partial charge in [0.2, 0.25) is 0 Å². The second-order valence-corrected chi connectivity index (χ2v) is 4.56. The minimum absolute atomic E-state index is 0.0960. The Labute approximate surface area is 107 Å². The van der Waals surface area contributed by atoms with Gasteiger partial charge in [-0.3, -0.25) is 4.79 Å². The Bertz CT molecular complexity index is 292. The van der Waals surface area contributed by atoms with E-state index in [1.165, 1.54) is 6.42 Å². The number of carboxylic acids is 1. The van der Waals surface area contributed by atoms with E-state index in [-0.39, 0.29) is 19.0 Å². The average molecular weight is 258 g/mol. The van der Waals surface area contributed by atoms with Crippen LogP contribution in [0.2, 0.25) is 0 Å². The zero-order chi connectivity index (χ0) is 13.5. The third-order valence-electron chi connectivity index (χ3n) is 3.23. The topological polar surface area (TPSA) is 78.9 Å². The van der Waals surface area contributed by atoms with Crippen LogP contribution < -0.4 is 5.32 Å². The number of hydrogen-bond donors (Lipinski definition) is 2. The van der Waals surface area contributed by atoms with Crippen LogP contribution in [-0.4, -0.2) is 54.4 Å². The number of carboxylic acid groups (broad SMARTS) is 1. The normalized spacial score (nSPS) is 16.8. The molecule has 6 heteroatoms. The van der Waals surface area contributed by atoms with Crippen molar-refractivity contribution in [2.24, 2.45) is 0 Å². The molecule has 1 aliphatic carbocycles. The first-order valence-corrected chi connectivity index (χ1v) is 6.38. The Morgan fingerprint density at radius 1 is 1.50 bits per heavy atom. The van der Waals surface area contributed by atoms with Gasteiger partial charge in [-0.15, -0.1) is 0 Å². The van der Waals surface area contributed by atoms with E-state index in [0.717, 1.165) is 12.8 Å². The summed E-state index contributed by atoms with van der Waals surface area (Å²) in [6, 6.07) is 0.171. The quantitative estimate of drug-likeness (QED) is 0.715. The fourth-order valence-electron chi connectivity index (χ4n) is 1.89. The second-order valence-electron chi connectivity index (χ2n) is 4.56. The SMILES string of the molecule is CCOC(CNC(=O)N(C)C1CCC1)CC(=O)O. The fourth-order valence-corrected chi connectivity index (χ4v) is 1.89. The van der Waals surface area contributed by atoms with Crippen LogP contribution in [-0.2, 0) is 9.53 Å². The number of nitrogens with zero attached hydrogens (tertiary/aromatic N) is 1. The molecule has 1 fully saturated rings. The van der Waals surface area contributed by atoms with Gasteiger partial charge in [0.15, 0.2) is 0 Å². The molecule has 0 aromatic carbocycles. The summed E-state index contributed by atoms with van der Waals surface area (Å²) in [4.78, 5) is 24.1. The highest BCUT2D eigenvalue weighted by atomic mass is 16.5. The van der Waals surface area contributed by atoms with Crippen LogP contribution in [0.5, 0.6) is 0 Å². The molecule has 6 nitrogen and oxygen atoms in total. The van der Waals surface area contributed by atoms with Crippen molar-refractivity contribution in [2.45, 2.75) is 44.8 Å². The zero-order valence-electron chi connectivity index (χ0n) is 11.0. The Morgan fingerprint density at radius 2 is 2.17 bits per heavy atom. The number of aliphatic carboxylic acids is 1. The summed E-state index contributed by atoms with van der Waals surface area (Å²) < 4.78 is 5.27. The molecule has 1 unspecified atom stereocenters. The van der Waals surface area contributed by atoms with E-state index >= 15 is 0 Å². The van der Waals surface area contributed by atoms with E-state index in [4.69, 9.17) is 9.84 Å². The van der Waals surface area contributed by atoms with Gasteiger partial charge in [-0.2, -0.15) is 0 Å². The minimum atomic E-state index is -0.921. The van der Waals surface area contributed by atoms with Crippen molar-refractivity contribution < 1.29 is 19.4 Å². The number of carbonyl (C=O) groups is 2. The first-order chi connectivity index (χ1) is 8.54. The maximum atomic E-state index is 11.8. The van der Waals surface area contributed by atoms with Crippen LogP contribution in [0.15, 0.2) is 0 Å². The van der Waals surface area contributed by atoms with Crippen LogP contribution in [0, 0.1) is 0 Å². The lowest BCUT2D eigenvalue weighted by atomic mass is 9.92. The Balaban J connectivity index is 2.30. The summed E-state index contributed by atoms with van der Waals surface area (Å²) in [6.45, 7) is 2.47. The van der Waals surface area contributed by atoms with Gasteiger partial charge in [0, 0.05) is 26.2 Å². The Morgan fingerprint density at radius 3 is 2.61 bits per heavy atom. The molecule has 1 atom stereocenters. The number of rotatable bonds is 7. The minimum Gasteiger partial charge on any atom is -0.481 e. The molecule has 0 heterocycles. The van der Waals surface area contributed by atoms with Crippen LogP contribution in [0.4, 0.5) is 4.79 Å². The summed E-state index contributed by atoms with van der Waals surface area (Å²) in [7, 11) is 1.77. The number of hydrogen-bond acceptors (Lipinski definition) is 3. The summed E-state index contributed by atoms with van der Waals surface area (Å²) in [6.07, 6.45) is 2.71. The van der Waals surface area contributed by atoms with Crippen LogP contribution in [0.1, 0.15) is 32.6 Å². The molecular formula is C12H22N2O4. The highest BCUT2D eigenvalue weighted by molar-refractivity contribution is 5.74. The predicted octanol–water partition coefficient (Wildman–Crippen LogP) is 1.06. The predicted molar refractivity (Wildman–Crippen MR) is 66.5 cm³/mol. The molecule has 0 aliphatic heterocycles. The van der Waals surface area contributed by atoms with E-state index < -0.39 is 12.1 Å². The first kappa shape index (κ1) is 14.8. The maximum Gasteiger partial charge on any atom is 0.317 e. The van der Waals surface area contributed by atoms with Crippen molar-refractivity contribution >= 4 is 12.0 Å². The third-order valence-corrected chi connectivity index (χ3v) is 3.23. The molecule has 0 bridgehead atoms. The van der Waals surface area contributed by atoms with Crippen molar-refractivity contribution in [2.75, 3.05) is 20.2 Å². The van der Waals surface area contributed by atoms with Gasteiger partial charge >= 0.3 is 12.0 Å². The summed E-state index contributed by atoms with van der Waals surface area (Å²) >= 11 is 0. The highest BCUT2D eigenvalue weighted by Crippen LogP contribution is 2.23. The van der Waals surface area contributed by atoms with Gasteiger partial charge in [-0.1, -0.05) is 0 Å². The molecule has 2 N–H and O–H groups in total. The second kappa shape index (κ2) is 7.20. The van der Waals surface area contributed by atoms with Crippen molar-refractivity contribution in [3.05, 3.63) is 0 Å². The lowest BCUT2D eigenvalue weighted by Gasteiger charge is -2.34. The van der Waals surface area contributed by atoms with Gasteiger partial charge in [-0.25, -0.2) is 4.79 Å². The van der Waals surface area contributed by atoms with Crippen LogP contribution >= 0.6 is 0 Å². The Hall–Kier alpha value is -1.30. The molecule has 0 radical (unpaired) electrons. The number of ether oxygens (including phenoxy) is 1. The molecule has 0 spiro atoms. The average Bonchev–Trinajstić information content (AvgIpc) is 2.22. The van der Waals surface area contributed by atoms with E-state index in [0.29, 0.717) is 12.6 Å². The van der Waals surface area contributed by atoms with Crippen molar-refractivity contribution in [1.82, 2.24) is 10.2 Å². The first-order valence-electron chi connectivity index (χ1n) is 6.38. The van der Waals surface area contributed by atoms with E-state index in [2.05, 4.69) is 5.32 Å². The van der Waals surface area contributed by atoms with E-state index in [1.807, 2.05) is 0 Å². The number of amides is 2. The third kappa shape index (κ3) is 4.52. The molecule has 1 aliphatic rings. The standard InChI is InChI=1S/C12H22N2O4/c1-3-18-10(7-11(15)16)8-13-12(17)14(2)9-5-4-6-9/h9-10H,3-8H2,1-2H3,(H,13,17)(H,15,16). The largest absolute Gasteiger partial charge is 0.481 e. The summed E-state index contributed by atoms with van der Waals surface area (Å²) in [5.41, 5.74) is 0. The summed E-state index contributed by atoms with van der Waals surface area (Å²) in [5.74, 6) is -0.921. The number of carbonyl (C=O) groups excluding carboxylic acids is 1. The molecular weight excluding hydrogens is 236 g/mol. The van der Waals surface area contributed by atoms with Gasteiger partial charge in [-0.05, 0) is 26.2 Å². The smallest absolute Gasteiger partial charge is 0.317 e. The number of urea groups is 1. The molecule has 0 aromatic heterocycles. The lowest BCUT2D eigenvalue weighted by Crippen LogP contribution is -2.48. The van der Waals surface area contributed by atoms with Gasteiger partial charge < -0.3 is 20.1 Å². The van der Waals surface area contributed by atoms with Crippen LogP contribution in [0.3, 0.4) is 0 Å². The van der Waals surface area contributed by atoms with E-state index in [1.54, 1.807) is 18.9 Å². The molecule has 2 amide bonds. The van der Waals surface area contributed by atoms with Gasteiger partial charge in [0.1, 0.15) is 0 Å². The van der Waals surface area contributed by atoms with Crippen molar-refractivity contribution in [3.63, 3.8) is 0 Å². The van der Waals surface area contributed by atoms with Crippen LogP contribution in [0.25, 0.3) is 0 Å². The van der Waals surface area contributed by atoms with Gasteiger partial charge in [0.25, 0.3) is 0 Å². The lowest BCUT2D eigenvalue weighted by molar-refractivity contribution is -0.140. The van der Waals surface area contributed by atoms with E-state index in [9.17, 15) is 9.59 Å². The van der Waals surface area contributed by atoms with Gasteiger partial charge in [0.05, 0.1) is 12.5 Å². The summed E-state index contributed by atoms with van der Waals surface area (Å²) in [5, 5.41) is 11.4. The zero-order valence-corrected chi connectivity index (χ0v) is 11.0. The molecule has 1 saturated carbocycles. The Kier molecular flexibility index (Phi) is 5.91. The van der Waals surface area contributed by atoms with Crippen molar-refractivity contribution in [3.8, 4) is 0 Å². The molecule has 1 rings (SSSR count). The maximum absolute atomic E-state index is 11.8. The highest BCUT2D eigenvalue weighted by Gasteiger charge is 2.26.